The quantitative estimate of drug-likeness (QED) is 0.0758. The van der Waals surface area contributed by atoms with Crippen LogP contribution in [0, 0.1) is 0 Å². The molecule has 5 N–H and O–H groups in total. The lowest BCUT2D eigenvalue weighted by Gasteiger charge is -2.35. The summed E-state index contributed by atoms with van der Waals surface area (Å²) in [6, 6.07) is 12.0. The van der Waals surface area contributed by atoms with Crippen molar-refractivity contribution in [3.05, 3.63) is 94.5 Å². The van der Waals surface area contributed by atoms with Crippen molar-refractivity contribution in [3.63, 3.8) is 0 Å². The van der Waals surface area contributed by atoms with Gasteiger partial charge in [-0.1, -0.05) is 6.07 Å². The average molecular weight is 930 g/mol. The molecule has 0 spiro atoms. The number of allylic oxidation sites excluding steroid dienone is 3. The second kappa shape index (κ2) is 21.3. The Kier molecular flexibility index (Phi) is 14.9. The van der Waals surface area contributed by atoms with E-state index in [4.69, 9.17) is 14.5 Å². The van der Waals surface area contributed by atoms with Gasteiger partial charge in [-0.15, -0.1) is 0 Å². The van der Waals surface area contributed by atoms with Crippen molar-refractivity contribution in [2.45, 2.75) is 59.0 Å². The summed E-state index contributed by atoms with van der Waals surface area (Å²) < 4.78 is 13.4. The van der Waals surface area contributed by atoms with Gasteiger partial charge in [0.2, 0.25) is 17.7 Å². The highest BCUT2D eigenvalue weighted by molar-refractivity contribution is 6.25. The van der Waals surface area contributed by atoms with E-state index in [-0.39, 0.29) is 48.4 Å². The van der Waals surface area contributed by atoms with Gasteiger partial charge < -0.3 is 35.6 Å². The monoisotopic (exact) mass is 929 g/mol. The van der Waals surface area contributed by atoms with Crippen molar-refractivity contribution < 1.29 is 38.2 Å². The van der Waals surface area contributed by atoms with E-state index < -0.39 is 29.7 Å². The molecule has 2 fully saturated rings. The van der Waals surface area contributed by atoms with Crippen molar-refractivity contribution >= 4 is 57.9 Å². The van der Waals surface area contributed by atoms with Crippen LogP contribution < -0.4 is 31.5 Å². The molecule has 4 aliphatic rings. The fraction of sp³-hybridized carbons (Fsp3) is 0.429. The van der Waals surface area contributed by atoms with E-state index in [1.54, 1.807) is 24.4 Å². The Balaban J connectivity index is 0.762. The maximum atomic E-state index is 13.9. The number of ether oxygens (including phenoxy) is 2. The molecule has 0 radical (unpaired) electrons. The number of fused-ring (bicyclic) bond motifs is 2. The first kappa shape index (κ1) is 47.5. The number of hydrogen-bond donors (Lipinski definition) is 5. The second-order valence-electron chi connectivity index (χ2n) is 17.7. The Morgan fingerprint density at radius 1 is 0.941 bits per heavy atom. The van der Waals surface area contributed by atoms with Crippen molar-refractivity contribution in [1.82, 2.24) is 45.8 Å². The predicted octanol–water partition coefficient (Wildman–Crippen LogP) is 3.36. The molecule has 0 saturated carbocycles. The first-order valence-electron chi connectivity index (χ1n) is 23.2. The topological polar surface area (TPSA) is 221 Å². The lowest BCUT2D eigenvalue weighted by Crippen LogP contribution is -2.54. The number of nitrogens with one attached hydrogen (secondary N) is 5. The lowest BCUT2D eigenvalue weighted by molar-refractivity contribution is -0.136. The summed E-state index contributed by atoms with van der Waals surface area (Å²) in [6.45, 7) is 14.3. The van der Waals surface area contributed by atoms with Gasteiger partial charge in [-0.2, -0.15) is 5.10 Å². The van der Waals surface area contributed by atoms with E-state index >= 15 is 0 Å². The number of benzene rings is 2. The van der Waals surface area contributed by atoms with E-state index in [9.17, 15) is 28.8 Å². The molecule has 0 aliphatic carbocycles. The number of rotatable bonds is 17. The van der Waals surface area contributed by atoms with Crippen LogP contribution in [0.5, 0.6) is 0 Å². The van der Waals surface area contributed by atoms with Crippen molar-refractivity contribution in [2.24, 2.45) is 0 Å². The predicted molar refractivity (Wildman–Crippen MR) is 255 cm³/mol. The summed E-state index contributed by atoms with van der Waals surface area (Å²) >= 11 is 0. The minimum Gasteiger partial charge on any atom is -0.382 e. The molecule has 19 heteroatoms. The summed E-state index contributed by atoms with van der Waals surface area (Å²) in [5, 5.41) is 20.0. The smallest absolute Gasteiger partial charge is 0.264 e. The number of piperidine rings is 1. The number of hydrogen-bond acceptors (Lipinski definition) is 14. The van der Waals surface area contributed by atoms with Crippen LogP contribution in [0.3, 0.4) is 0 Å². The number of amides is 6. The van der Waals surface area contributed by atoms with Crippen LogP contribution >= 0.6 is 0 Å². The highest BCUT2D eigenvalue weighted by atomic mass is 16.5. The molecule has 6 amide bonds. The van der Waals surface area contributed by atoms with Gasteiger partial charge in [0.15, 0.2) is 0 Å². The van der Waals surface area contributed by atoms with Crippen LogP contribution in [-0.4, -0.2) is 145 Å². The molecule has 4 aliphatic heterocycles. The van der Waals surface area contributed by atoms with E-state index in [2.05, 4.69) is 67.5 Å². The van der Waals surface area contributed by atoms with Gasteiger partial charge in [0.25, 0.3) is 17.7 Å². The number of carbonyl (C=O) groups is 6. The Hall–Kier alpha value is -6.96. The van der Waals surface area contributed by atoms with Crippen molar-refractivity contribution in [1.29, 1.82) is 0 Å². The van der Waals surface area contributed by atoms with Crippen molar-refractivity contribution in [3.8, 4) is 11.1 Å². The summed E-state index contributed by atoms with van der Waals surface area (Å²) in [7, 11) is 0. The summed E-state index contributed by atoms with van der Waals surface area (Å²) in [5.41, 5.74) is 7.10. The molecule has 0 bridgehead atoms. The lowest BCUT2D eigenvalue weighted by atomic mass is 10.0. The van der Waals surface area contributed by atoms with E-state index in [0.29, 0.717) is 63.8 Å². The maximum absolute atomic E-state index is 13.9. The van der Waals surface area contributed by atoms with Gasteiger partial charge in [-0.25, -0.2) is 4.98 Å². The molecular formula is C49H59N11O8. The minimum absolute atomic E-state index is 0.0498. The van der Waals surface area contributed by atoms with Gasteiger partial charge in [0.05, 0.1) is 48.2 Å². The summed E-state index contributed by atoms with van der Waals surface area (Å²) in [6.07, 6.45) is 6.18. The molecule has 8 rings (SSSR count). The van der Waals surface area contributed by atoms with E-state index in [1.165, 1.54) is 0 Å². The molecule has 1 atom stereocenters. The average Bonchev–Trinajstić information content (AvgIpc) is 3.87. The number of imide groups is 2. The third-order valence-corrected chi connectivity index (χ3v) is 12.7. The number of aromatic nitrogens is 3. The molecule has 2 aromatic heterocycles. The Morgan fingerprint density at radius 2 is 1.75 bits per heavy atom. The second-order valence-corrected chi connectivity index (χ2v) is 17.7. The van der Waals surface area contributed by atoms with Crippen LogP contribution in [0.4, 0.5) is 11.5 Å². The first-order valence-corrected chi connectivity index (χ1v) is 23.2. The molecule has 2 saturated heterocycles. The molecule has 19 nitrogen and oxygen atoms in total. The fourth-order valence-corrected chi connectivity index (χ4v) is 8.89. The van der Waals surface area contributed by atoms with E-state index in [1.807, 2.05) is 42.9 Å². The van der Waals surface area contributed by atoms with E-state index in [0.717, 1.165) is 75.8 Å². The van der Waals surface area contributed by atoms with Crippen LogP contribution in [0.1, 0.15) is 84.1 Å². The van der Waals surface area contributed by atoms with Gasteiger partial charge in [0.1, 0.15) is 18.6 Å². The van der Waals surface area contributed by atoms with Crippen LogP contribution in [0.15, 0.2) is 77.8 Å². The van der Waals surface area contributed by atoms with Crippen LogP contribution in [0.25, 0.3) is 22.0 Å². The number of piperazine rings is 1. The van der Waals surface area contributed by atoms with Gasteiger partial charge >= 0.3 is 0 Å². The Morgan fingerprint density at radius 3 is 2.51 bits per heavy atom. The Labute approximate surface area is 394 Å². The maximum Gasteiger partial charge on any atom is 0.264 e. The van der Waals surface area contributed by atoms with Crippen LogP contribution in [0.2, 0.25) is 0 Å². The molecule has 4 aromatic rings. The fourth-order valence-electron chi connectivity index (χ4n) is 8.89. The largest absolute Gasteiger partial charge is 0.382 e. The molecule has 68 heavy (non-hydrogen) atoms. The zero-order valence-corrected chi connectivity index (χ0v) is 39.0. The zero-order chi connectivity index (χ0) is 47.9. The number of carbonyl (C=O) groups excluding carboxylic acids is 6. The van der Waals surface area contributed by atoms with Crippen molar-refractivity contribution in [2.75, 3.05) is 89.1 Å². The zero-order valence-electron chi connectivity index (χ0n) is 39.0. The Bertz CT molecular complexity index is 2650. The molecule has 2 aromatic carbocycles. The van der Waals surface area contributed by atoms with Gasteiger partial charge in [-0.3, -0.25) is 48.6 Å². The molecule has 358 valence electrons. The highest BCUT2D eigenvalue weighted by Gasteiger charge is 2.45. The van der Waals surface area contributed by atoms with Gasteiger partial charge in [0, 0.05) is 99.8 Å². The molecular weight excluding hydrogens is 871 g/mol. The highest BCUT2D eigenvalue weighted by Crippen LogP contribution is 2.33. The standard InChI is InChI=1S/C49H59N11O8/c1-30(2)60-41-24-34(23-37(38(41)27-55-60)46(63)53-26-35-28-68-29-54-32(4)22-31(35)3)33-8-10-42(52-25-33)58-18-16-57(17-19-58)15-12-43(61)51-14-21-67-20-13-50-39-7-5-6-36-45(39)49(66)59(48(36)65)40-9-11-44(62)56-47(40)64/h5-8,10,22-25,27,30,40,50,54H,9,11-21,26,28-29H2,1-4H3,(H,51,61)(H,53,63)(H,56,62,64)/b32-22-,35-31-. The number of pyridine rings is 1. The minimum atomic E-state index is -1.04. The number of nitrogens with zero attached hydrogens (tertiary/aromatic N) is 6. The normalized spacial score (nSPS) is 19.8. The number of anilines is 2. The molecule has 6 heterocycles. The SMILES string of the molecule is C/C1=C/C(C)=C(/CNC(=O)c2cc(-c3ccc(N4CCN(CCC(=O)NCCOCCNc5cccc6c5C(=O)N(C5CCC(=O)NC5=O)C6=O)CC4)nc3)cc3c2cnn3C(C)C)COCN1. The first-order chi connectivity index (χ1) is 32.9. The summed E-state index contributed by atoms with van der Waals surface area (Å²) in [5.74, 6) is -1.61. The third kappa shape index (κ3) is 10.7. The summed E-state index contributed by atoms with van der Waals surface area (Å²) in [4.78, 5) is 87.2. The van der Waals surface area contributed by atoms with Gasteiger partial charge in [-0.05, 0) is 93.3 Å². The van der Waals surface area contributed by atoms with Crippen LogP contribution in [-0.2, 0) is 23.9 Å². The third-order valence-electron chi connectivity index (χ3n) is 12.7. The molecule has 1 unspecified atom stereocenters.